The van der Waals surface area contributed by atoms with Gasteiger partial charge in [0.1, 0.15) is 5.75 Å². The molecule has 4 nitrogen and oxygen atoms in total. The lowest BCUT2D eigenvalue weighted by Gasteiger charge is -2.04. The topological polar surface area (TPSA) is 62.2 Å². The average Bonchev–Trinajstić information content (AvgIpc) is 2.99. The second-order valence-electron chi connectivity index (χ2n) is 4.66. The Balaban J connectivity index is 1.80. The maximum atomic E-state index is 12.2. The van der Waals surface area contributed by atoms with Gasteiger partial charge < -0.3 is 5.11 Å². The summed E-state index contributed by atoms with van der Waals surface area (Å²) in [5, 5.41) is 15.4. The highest BCUT2D eigenvalue weighted by Gasteiger charge is 2.14. The number of carbonyl (C=O) groups is 1. The number of carbonyl (C=O) groups excluding carboxylic acids is 1. The predicted molar refractivity (Wildman–Crippen MR) is 96.3 cm³/mol. The molecule has 0 aliphatic carbocycles. The summed E-state index contributed by atoms with van der Waals surface area (Å²) in [6.07, 6.45) is 0. The largest absolute Gasteiger partial charge is 0.507 e. The molecule has 0 aliphatic heterocycles. The Kier molecular flexibility index (Phi) is 4.66. The molecule has 0 spiro atoms. The number of phenols is 1. The van der Waals surface area contributed by atoms with Crippen LogP contribution in [0.4, 0.5) is 5.13 Å². The zero-order chi connectivity index (χ0) is 16.4. The van der Waals surface area contributed by atoms with Crippen LogP contribution in [0.5, 0.6) is 5.75 Å². The van der Waals surface area contributed by atoms with Gasteiger partial charge in [0.05, 0.1) is 11.3 Å². The number of halogens is 2. The number of nitrogens with zero attached hydrogens (tertiary/aromatic N) is 1. The third-order valence-corrected chi connectivity index (χ3v) is 4.57. The highest BCUT2D eigenvalue weighted by molar-refractivity contribution is 9.10. The minimum absolute atomic E-state index is 0.0832. The Morgan fingerprint density at radius 3 is 2.70 bits per heavy atom. The molecule has 0 saturated heterocycles. The first kappa shape index (κ1) is 16.0. The van der Waals surface area contributed by atoms with Crippen LogP contribution in [-0.2, 0) is 0 Å². The van der Waals surface area contributed by atoms with Crippen LogP contribution >= 0.6 is 38.9 Å². The molecule has 2 N–H and O–H groups in total. The van der Waals surface area contributed by atoms with Gasteiger partial charge in [0, 0.05) is 20.4 Å². The van der Waals surface area contributed by atoms with Crippen molar-refractivity contribution < 1.29 is 9.90 Å². The average molecular weight is 410 g/mol. The van der Waals surface area contributed by atoms with E-state index in [1.54, 1.807) is 24.3 Å². The fraction of sp³-hybridized carbons (Fsp3) is 0. The summed E-state index contributed by atoms with van der Waals surface area (Å²) >= 11 is 10.5. The summed E-state index contributed by atoms with van der Waals surface area (Å²) in [5.74, 6) is -0.499. The maximum Gasteiger partial charge on any atom is 0.261 e. The molecule has 2 aromatic carbocycles. The molecule has 3 aromatic rings. The molecule has 1 amide bonds. The number of nitrogens with one attached hydrogen (secondary N) is 1. The van der Waals surface area contributed by atoms with E-state index < -0.39 is 5.91 Å². The van der Waals surface area contributed by atoms with E-state index in [1.807, 2.05) is 17.5 Å². The summed E-state index contributed by atoms with van der Waals surface area (Å²) in [5.41, 5.74) is 1.85. The Bertz CT molecular complexity index is 865. The van der Waals surface area contributed by atoms with Gasteiger partial charge in [0.25, 0.3) is 5.91 Å². The minimum Gasteiger partial charge on any atom is -0.507 e. The molecule has 1 heterocycles. The molecule has 3 rings (SSSR count). The van der Waals surface area contributed by atoms with E-state index in [9.17, 15) is 9.90 Å². The van der Waals surface area contributed by atoms with E-state index >= 15 is 0 Å². The van der Waals surface area contributed by atoms with Gasteiger partial charge in [-0.1, -0.05) is 39.7 Å². The third kappa shape index (κ3) is 3.72. The van der Waals surface area contributed by atoms with Crippen LogP contribution < -0.4 is 5.32 Å². The molecule has 116 valence electrons. The van der Waals surface area contributed by atoms with Gasteiger partial charge in [-0.05, 0) is 30.3 Å². The number of anilines is 1. The lowest BCUT2D eigenvalue weighted by atomic mass is 10.2. The number of hydrogen-bond acceptors (Lipinski definition) is 4. The van der Waals surface area contributed by atoms with E-state index in [0.717, 1.165) is 11.3 Å². The van der Waals surface area contributed by atoms with Crippen molar-refractivity contribution >= 4 is 49.9 Å². The van der Waals surface area contributed by atoms with Crippen molar-refractivity contribution in [2.75, 3.05) is 5.32 Å². The summed E-state index contributed by atoms with van der Waals surface area (Å²) in [6, 6.07) is 12.0. The van der Waals surface area contributed by atoms with Crippen molar-refractivity contribution in [3.05, 3.63) is 62.9 Å². The van der Waals surface area contributed by atoms with E-state index in [1.165, 1.54) is 17.4 Å². The highest BCUT2D eigenvalue weighted by Crippen LogP contribution is 2.27. The van der Waals surface area contributed by atoms with Crippen molar-refractivity contribution in [2.45, 2.75) is 0 Å². The molecule has 0 fully saturated rings. The fourth-order valence-electron chi connectivity index (χ4n) is 1.94. The SMILES string of the molecule is O=C(Nc1nc(-c2ccc(Cl)cc2)cs1)c1cc(Br)ccc1O. The quantitative estimate of drug-likeness (QED) is 0.626. The van der Waals surface area contributed by atoms with E-state index in [2.05, 4.69) is 26.2 Å². The summed E-state index contributed by atoms with van der Waals surface area (Å²) in [6.45, 7) is 0. The van der Waals surface area contributed by atoms with E-state index in [0.29, 0.717) is 14.6 Å². The number of thiazole rings is 1. The molecular formula is C16H10BrClN2O2S. The summed E-state index contributed by atoms with van der Waals surface area (Å²) < 4.78 is 0.710. The van der Waals surface area contributed by atoms with Gasteiger partial charge in [-0.25, -0.2) is 4.98 Å². The molecule has 23 heavy (non-hydrogen) atoms. The first-order valence-electron chi connectivity index (χ1n) is 6.54. The smallest absolute Gasteiger partial charge is 0.261 e. The summed E-state index contributed by atoms with van der Waals surface area (Å²) in [7, 11) is 0. The number of phenolic OH excluding ortho intramolecular Hbond substituents is 1. The zero-order valence-corrected chi connectivity index (χ0v) is 14.7. The molecule has 0 unspecified atom stereocenters. The Morgan fingerprint density at radius 1 is 1.22 bits per heavy atom. The predicted octanol–water partition coefficient (Wildman–Crippen LogP) is 5.18. The van der Waals surface area contributed by atoms with Crippen molar-refractivity contribution in [3.8, 4) is 17.0 Å². The molecule has 0 radical (unpaired) electrons. The van der Waals surface area contributed by atoms with Gasteiger partial charge in [0.15, 0.2) is 5.13 Å². The maximum absolute atomic E-state index is 12.2. The fourth-order valence-corrected chi connectivity index (χ4v) is 3.14. The van der Waals surface area contributed by atoms with Gasteiger partial charge >= 0.3 is 0 Å². The number of rotatable bonds is 3. The van der Waals surface area contributed by atoms with Crippen LogP contribution in [0.1, 0.15) is 10.4 Å². The molecule has 0 atom stereocenters. The monoisotopic (exact) mass is 408 g/mol. The van der Waals surface area contributed by atoms with Gasteiger partial charge in [-0.15, -0.1) is 11.3 Å². The van der Waals surface area contributed by atoms with Crippen LogP contribution in [0.15, 0.2) is 52.3 Å². The Morgan fingerprint density at radius 2 is 1.96 bits per heavy atom. The van der Waals surface area contributed by atoms with Crippen molar-refractivity contribution in [1.29, 1.82) is 0 Å². The lowest BCUT2D eigenvalue weighted by molar-refractivity contribution is 0.102. The molecule has 0 aliphatic rings. The summed E-state index contributed by atoms with van der Waals surface area (Å²) in [4.78, 5) is 16.6. The van der Waals surface area contributed by atoms with Gasteiger partial charge in [-0.3, -0.25) is 10.1 Å². The van der Waals surface area contributed by atoms with E-state index in [4.69, 9.17) is 11.6 Å². The van der Waals surface area contributed by atoms with E-state index in [-0.39, 0.29) is 11.3 Å². The van der Waals surface area contributed by atoms with Gasteiger partial charge in [0.2, 0.25) is 0 Å². The molecule has 7 heteroatoms. The molecular weight excluding hydrogens is 400 g/mol. The van der Waals surface area contributed by atoms with Crippen LogP contribution in [0.2, 0.25) is 5.02 Å². The third-order valence-electron chi connectivity index (χ3n) is 3.07. The Labute approximate surface area is 149 Å². The number of hydrogen-bond donors (Lipinski definition) is 2. The first-order valence-corrected chi connectivity index (χ1v) is 8.59. The normalized spacial score (nSPS) is 10.5. The number of amides is 1. The minimum atomic E-state index is -0.416. The van der Waals surface area contributed by atoms with Crippen molar-refractivity contribution in [3.63, 3.8) is 0 Å². The lowest BCUT2D eigenvalue weighted by Crippen LogP contribution is -2.11. The molecule has 0 saturated carbocycles. The van der Waals surface area contributed by atoms with Crippen LogP contribution in [0, 0.1) is 0 Å². The molecule has 1 aromatic heterocycles. The van der Waals surface area contributed by atoms with Crippen LogP contribution in [-0.4, -0.2) is 16.0 Å². The second-order valence-corrected chi connectivity index (χ2v) is 6.87. The highest BCUT2D eigenvalue weighted by atomic mass is 79.9. The Hall–Kier alpha value is -1.89. The second kappa shape index (κ2) is 6.70. The zero-order valence-electron chi connectivity index (χ0n) is 11.6. The van der Waals surface area contributed by atoms with Crippen LogP contribution in [0.25, 0.3) is 11.3 Å². The van der Waals surface area contributed by atoms with Crippen molar-refractivity contribution in [1.82, 2.24) is 4.98 Å². The van der Waals surface area contributed by atoms with Crippen LogP contribution in [0.3, 0.4) is 0 Å². The van der Waals surface area contributed by atoms with Gasteiger partial charge in [-0.2, -0.15) is 0 Å². The van der Waals surface area contributed by atoms with Crippen molar-refractivity contribution in [2.24, 2.45) is 0 Å². The number of aromatic nitrogens is 1. The number of benzene rings is 2. The number of aromatic hydroxyl groups is 1. The standard InChI is InChI=1S/C16H10BrClN2O2S/c17-10-3-6-14(21)12(7-10)15(22)20-16-19-13(8-23-16)9-1-4-11(18)5-2-9/h1-8,21H,(H,19,20,22). The molecule has 0 bridgehead atoms. The first-order chi connectivity index (χ1) is 11.0.